The molecule has 10 heteroatoms. The Balaban J connectivity index is 0.000000175. The van der Waals surface area contributed by atoms with Gasteiger partial charge in [0, 0.05) is 0 Å². The molecule has 0 aromatic carbocycles. The van der Waals surface area contributed by atoms with Crippen LogP contribution in [0.3, 0.4) is 0 Å². The van der Waals surface area contributed by atoms with E-state index in [1.165, 1.54) is 0 Å². The molecular formula is C34H46N6O4. The van der Waals surface area contributed by atoms with Crippen molar-refractivity contribution >= 4 is 23.6 Å². The lowest BCUT2D eigenvalue weighted by molar-refractivity contribution is 0.290. The van der Waals surface area contributed by atoms with Gasteiger partial charge in [0.15, 0.2) is 0 Å². The lowest BCUT2D eigenvalue weighted by Gasteiger charge is -2.06. The van der Waals surface area contributed by atoms with Gasteiger partial charge in [-0.25, -0.2) is 29.9 Å². The summed E-state index contributed by atoms with van der Waals surface area (Å²) in [5.41, 5.74) is 3.00. The highest BCUT2D eigenvalue weighted by Gasteiger charge is 2.28. The molecule has 0 aliphatic carbocycles. The van der Waals surface area contributed by atoms with Crippen molar-refractivity contribution in [1.29, 1.82) is 0 Å². The summed E-state index contributed by atoms with van der Waals surface area (Å²) in [5.74, 6) is 4.37. The summed E-state index contributed by atoms with van der Waals surface area (Å²) in [7, 11) is 0. The highest BCUT2D eigenvalue weighted by atomic mass is 16.5. The third-order valence-electron chi connectivity index (χ3n) is 8.15. The van der Waals surface area contributed by atoms with Crippen LogP contribution in [0.15, 0.2) is 56.4 Å². The van der Waals surface area contributed by atoms with Crippen molar-refractivity contribution in [3.63, 3.8) is 0 Å². The van der Waals surface area contributed by atoms with Crippen LogP contribution < -0.4 is 0 Å². The van der Waals surface area contributed by atoms with Gasteiger partial charge in [-0.2, -0.15) is 0 Å². The molecule has 0 N–H and O–H groups in total. The SMILES string of the molecule is CC(C)C1COC(c2cccc(C3=NC(C(C)C)CO3)n2)=N1.CC(C)[C@H]1COC(c2cccc(C3=N[C@@H](C(C)C)CO3)n2)=N1. The van der Waals surface area contributed by atoms with Crippen LogP contribution in [-0.2, 0) is 18.9 Å². The second-order valence-corrected chi connectivity index (χ2v) is 13.0. The highest BCUT2D eigenvalue weighted by molar-refractivity contribution is 5.98. The van der Waals surface area contributed by atoms with Gasteiger partial charge in [-0.3, -0.25) is 0 Å². The number of aliphatic imine (C=N–C) groups is 4. The van der Waals surface area contributed by atoms with E-state index in [2.05, 4.69) is 85.3 Å². The van der Waals surface area contributed by atoms with E-state index >= 15 is 0 Å². The van der Waals surface area contributed by atoms with Crippen LogP contribution in [0, 0.1) is 23.7 Å². The number of rotatable bonds is 8. The molecule has 10 nitrogen and oxygen atoms in total. The van der Waals surface area contributed by atoms with Crippen LogP contribution in [0.2, 0.25) is 0 Å². The molecule has 6 rings (SSSR count). The van der Waals surface area contributed by atoms with Crippen LogP contribution in [0.4, 0.5) is 0 Å². The van der Waals surface area contributed by atoms with Gasteiger partial charge in [-0.1, -0.05) is 67.5 Å². The van der Waals surface area contributed by atoms with Crippen LogP contribution in [0.1, 0.15) is 78.2 Å². The lowest BCUT2D eigenvalue weighted by Crippen LogP contribution is -2.13. The fourth-order valence-electron chi connectivity index (χ4n) is 4.83. The number of pyridine rings is 2. The van der Waals surface area contributed by atoms with Gasteiger partial charge < -0.3 is 18.9 Å². The van der Waals surface area contributed by atoms with E-state index in [0.29, 0.717) is 73.7 Å². The van der Waals surface area contributed by atoms with Gasteiger partial charge >= 0.3 is 0 Å². The maximum atomic E-state index is 5.70. The Hall–Kier alpha value is -3.82. The Bertz CT molecular complexity index is 1220. The first kappa shape index (κ1) is 31.6. The topological polar surface area (TPSA) is 112 Å². The van der Waals surface area contributed by atoms with Crippen LogP contribution in [-0.4, -0.2) is 84.2 Å². The molecular weight excluding hydrogens is 556 g/mol. The van der Waals surface area contributed by atoms with E-state index in [0.717, 1.165) is 22.8 Å². The largest absolute Gasteiger partial charge is 0.474 e. The van der Waals surface area contributed by atoms with E-state index in [1.54, 1.807) is 0 Å². The second-order valence-electron chi connectivity index (χ2n) is 13.0. The minimum atomic E-state index is 0.214. The van der Waals surface area contributed by atoms with Crippen LogP contribution in [0.5, 0.6) is 0 Å². The molecule has 4 aliphatic rings. The summed E-state index contributed by atoms with van der Waals surface area (Å²) in [4.78, 5) is 27.7. The maximum Gasteiger partial charge on any atom is 0.235 e. The van der Waals surface area contributed by atoms with E-state index in [4.69, 9.17) is 18.9 Å². The molecule has 4 aliphatic heterocycles. The number of nitrogens with zero attached hydrogens (tertiary/aromatic N) is 6. The summed E-state index contributed by atoms with van der Waals surface area (Å²) in [6.45, 7) is 19.7. The summed E-state index contributed by atoms with van der Waals surface area (Å²) >= 11 is 0. The third-order valence-corrected chi connectivity index (χ3v) is 8.15. The van der Waals surface area contributed by atoms with Gasteiger partial charge in [0.2, 0.25) is 23.6 Å². The van der Waals surface area contributed by atoms with E-state index in [9.17, 15) is 0 Å². The first-order valence-electron chi connectivity index (χ1n) is 15.9. The van der Waals surface area contributed by atoms with E-state index in [-0.39, 0.29) is 24.2 Å². The molecule has 0 fully saturated rings. The molecule has 2 aromatic heterocycles. The minimum absolute atomic E-state index is 0.214. The van der Waals surface area contributed by atoms with Crippen molar-refractivity contribution in [2.45, 2.75) is 79.6 Å². The summed E-state index contributed by atoms with van der Waals surface area (Å²) in [5, 5.41) is 0. The Morgan fingerprint density at radius 2 is 0.659 bits per heavy atom. The van der Waals surface area contributed by atoms with Gasteiger partial charge in [0.25, 0.3) is 0 Å². The fourth-order valence-corrected chi connectivity index (χ4v) is 4.83. The number of aromatic nitrogens is 2. The predicted octanol–water partition coefficient (Wildman–Crippen LogP) is 5.37. The smallest absolute Gasteiger partial charge is 0.235 e. The Morgan fingerprint density at radius 1 is 0.432 bits per heavy atom. The Labute approximate surface area is 261 Å². The standard InChI is InChI=1S/2C17H23N3O2/c2*1-10(2)14-8-21-16(19-14)12-6-5-7-13(18-12)17-20-15(9-22-17)11(3)4/h2*5-7,10-11,14-15H,8-9H2,1-4H3/t14-,15-;/m1./s1. The molecule has 0 bridgehead atoms. The first-order valence-corrected chi connectivity index (χ1v) is 15.9. The van der Waals surface area contributed by atoms with Crippen LogP contribution in [0.25, 0.3) is 0 Å². The summed E-state index contributed by atoms with van der Waals surface area (Å²) < 4.78 is 22.8. The zero-order valence-electron chi connectivity index (χ0n) is 27.2. The Morgan fingerprint density at radius 3 is 0.841 bits per heavy atom. The highest BCUT2D eigenvalue weighted by Crippen LogP contribution is 2.21. The van der Waals surface area contributed by atoms with Crippen molar-refractivity contribution in [3.8, 4) is 0 Å². The molecule has 4 atom stereocenters. The van der Waals surface area contributed by atoms with E-state index in [1.807, 2.05) is 36.4 Å². The zero-order valence-corrected chi connectivity index (χ0v) is 27.2. The monoisotopic (exact) mass is 602 g/mol. The minimum Gasteiger partial charge on any atom is -0.474 e. The van der Waals surface area contributed by atoms with Crippen molar-refractivity contribution in [2.24, 2.45) is 43.6 Å². The summed E-state index contributed by atoms with van der Waals surface area (Å²) in [6.07, 6.45) is 0. The number of hydrogen-bond donors (Lipinski definition) is 0. The quantitative estimate of drug-likeness (QED) is 0.402. The van der Waals surface area contributed by atoms with Crippen molar-refractivity contribution in [1.82, 2.24) is 9.97 Å². The molecule has 0 amide bonds. The van der Waals surface area contributed by atoms with Crippen molar-refractivity contribution in [3.05, 3.63) is 59.2 Å². The second kappa shape index (κ2) is 13.9. The third kappa shape index (κ3) is 7.45. The molecule has 0 saturated carbocycles. The number of hydrogen-bond acceptors (Lipinski definition) is 10. The van der Waals surface area contributed by atoms with E-state index < -0.39 is 0 Å². The molecule has 2 aromatic rings. The lowest BCUT2D eigenvalue weighted by atomic mass is 10.1. The maximum absolute atomic E-state index is 5.70. The zero-order chi connectivity index (χ0) is 31.4. The molecule has 0 spiro atoms. The molecule has 2 unspecified atom stereocenters. The molecule has 0 saturated heterocycles. The van der Waals surface area contributed by atoms with Gasteiger partial charge in [-0.05, 0) is 47.9 Å². The average molecular weight is 603 g/mol. The van der Waals surface area contributed by atoms with Crippen LogP contribution >= 0.6 is 0 Å². The normalized spacial score (nSPS) is 24.3. The molecule has 0 radical (unpaired) electrons. The van der Waals surface area contributed by atoms with Crippen molar-refractivity contribution < 1.29 is 18.9 Å². The average Bonchev–Trinajstić information content (AvgIpc) is 3.83. The van der Waals surface area contributed by atoms with Crippen molar-refractivity contribution in [2.75, 3.05) is 26.4 Å². The van der Waals surface area contributed by atoms with Gasteiger partial charge in [0.05, 0.1) is 24.2 Å². The molecule has 44 heavy (non-hydrogen) atoms. The predicted molar refractivity (Wildman–Crippen MR) is 173 cm³/mol. The Kier molecular flexibility index (Phi) is 9.96. The molecule has 236 valence electrons. The number of ether oxygens (including phenoxy) is 4. The fraction of sp³-hybridized carbons (Fsp3) is 0.588. The summed E-state index contributed by atoms with van der Waals surface area (Å²) in [6, 6.07) is 12.4. The van der Waals surface area contributed by atoms with Gasteiger partial charge in [-0.15, -0.1) is 0 Å². The van der Waals surface area contributed by atoms with Gasteiger partial charge in [0.1, 0.15) is 49.2 Å². The molecule has 6 heterocycles. The first-order chi connectivity index (χ1) is 21.1.